The second-order valence-electron chi connectivity index (χ2n) is 5.30. The van der Waals surface area contributed by atoms with E-state index >= 15 is 0 Å². The molecule has 0 saturated heterocycles. The molecule has 0 aliphatic carbocycles. The Morgan fingerprint density at radius 3 is 2.67 bits per heavy atom. The number of benzene rings is 2. The second kappa shape index (κ2) is 10.4. The fraction of sp³-hybridized carbons (Fsp3) is 0.316. The third-order valence-corrected chi connectivity index (χ3v) is 5.09. The van der Waals surface area contributed by atoms with Gasteiger partial charge in [-0.25, -0.2) is 0 Å². The Labute approximate surface area is 156 Å². The molecule has 0 spiro atoms. The Balaban J connectivity index is 1.61. The van der Waals surface area contributed by atoms with Crippen LogP contribution in [0.4, 0.5) is 0 Å². The number of amides is 1. The molecule has 0 bridgehead atoms. The van der Waals surface area contributed by atoms with Crippen molar-refractivity contribution >= 4 is 33.6 Å². The van der Waals surface area contributed by atoms with Crippen molar-refractivity contribution in [2.45, 2.75) is 19.1 Å². The van der Waals surface area contributed by atoms with Gasteiger partial charge in [0.15, 0.2) is 6.61 Å². The van der Waals surface area contributed by atoms with Crippen molar-refractivity contribution in [3.63, 3.8) is 0 Å². The van der Waals surface area contributed by atoms with E-state index in [0.29, 0.717) is 12.3 Å². The summed E-state index contributed by atoms with van der Waals surface area (Å²) in [6.45, 7) is 2.79. The highest BCUT2D eigenvalue weighted by Crippen LogP contribution is 2.26. The third-order valence-electron chi connectivity index (χ3n) is 3.44. The number of ether oxygens (including phenoxy) is 1. The molecule has 0 aromatic heterocycles. The van der Waals surface area contributed by atoms with E-state index in [2.05, 4.69) is 40.3 Å². The molecule has 2 aromatic rings. The first-order chi connectivity index (χ1) is 11.7. The van der Waals surface area contributed by atoms with Gasteiger partial charge < -0.3 is 10.1 Å². The van der Waals surface area contributed by atoms with Crippen LogP contribution < -0.4 is 10.1 Å². The van der Waals surface area contributed by atoms with Gasteiger partial charge in [-0.05, 0) is 45.6 Å². The Morgan fingerprint density at radius 1 is 1.17 bits per heavy atom. The van der Waals surface area contributed by atoms with Crippen LogP contribution in [0.1, 0.15) is 18.1 Å². The first-order valence-electron chi connectivity index (χ1n) is 7.98. The Hall–Kier alpha value is -1.46. The lowest BCUT2D eigenvalue weighted by Gasteiger charge is -2.10. The van der Waals surface area contributed by atoms with Crippen LogP contribution in [-0.2, 0) is 17.0 Å². The van der Waals surface area contributed by atoms with Gasteiger partial charge in [0.2, 0.25) is 0 Å². The van der Waals surface area contributed by atoms with Crippen molar-refractivity contribution in [1.82, 2.24) is 5.32 Å². The zero-order chi connectivity index (χ0) is 17.2. The molecule has 0 heterocycles. The van der Waals surface area contributed by atoms with Crippen LogP contribution in [0.25, 0.3) is 0 Å². The number of aryl methyl sites for hydroxylation is 1. The van der Waals surface area contributed by atoms with E-state index in [1.807, 2.05) is 36.4 Å². The van der Waals surface area contributed by atoms with Crippen molar-refractivity contribution in [3.05, 3.63) is 64.1 Å². The lowest BCUT2D eigenvalue weighted by atomic mass is 10.2. The smallest absolute Gasteiger partial charge is 0.257 e. The normalized spacial score (nSPS) is 10.4. The molecule has 1 N–H and O–H groups in total. The van der Waals surface area contributed by atoms with E-state index < -0.39 is 0 Å². The highest BCUT2D eigenvalue weighted by molar-refractivity contribution is 9.10. The maximum Gasteiger partial charge on any atom is 0.257 e. The summed E-state index contributed by atoms with van der Waals surface area (Å²) in [4.78, 5) is 11.8. The zero-order valence-electron chi connectivity index (χ0n) is 13.8. The maximum atomic E-state index is 11.8. The molecule has 3 nitrogen and oxygen atoms in total. The average Bonchev–Trinajstić information content (AvgIpc) is 2.61. The van der Waals surface area contributed by atoms with Crippen LogP contribution in [0.15, 0.2) is 53.0 Å². The van der Waals surface area contributed by atoms with E-state index in [-0.39, 0.29) is 12.5 Å². The molecule has 2 rings (SSSR count). The summed E-state index contributed by atoms with van der Waals surface area (Å²) in [5.41, 5.74) is 2.53. The first kappa shape index (κ1) is 18.9. The minimum Gasteiger partial charge on any atom is -0.483 e. The van der Waals surface area contributed by atoms with Gasteiger partial charge in [0, 0.05) is 18.1 Å². The second-order valence-corrected chi connectivity index (χ2v) is 7.25. The topological polar surface area (TPSA) is 38.3 Å². The molecular weight excluding hydrogens is 386 g/mol. The van der Waals surface area contributed by atoms with Gasteiger partial charge in [-0.1, -0.05) is 43.3 Å². The quantitative estimate of drug-likeness (QED) is 0.624. The van der Waals surface area contributed by atoms with Gasteiger partial charge in [-0.2, -0.15) is 11.8 Å². The molecule has 0 fully saturated rings. The van der Waals surface area contributed by atoms with Gasteiger partial charge >= 0.3 is 0 Å². The number of carbonyl (C=O) groups is 1. The van der Waals surface area contributed by atoms with E-state index in [9.17, 15) is 4.79 Å². The minimum absolute atomic E-state index is 0.0351. The maximum absolute atomic E-state index is 11.8. The van der Waals surface area contributed by atoms with Crippen molar-refractivity contribution in [1.29, 1.82) is 0 Å². The molecule has 24 heavy (non-hydrogen) atoms. The van der Waals surface area contributed by atoms with Crippen molar-refractivity contribution < 1.29 is 9.53 Å². The zero-order valence-corrected chi connectivity index (χ0v) is 16.2. The molecule has 0 saturated carbocycles. The fourth-order valence-corrected chi connectivity index (χ4v) is 3.46. The number of nitrogens with one attached hydrogen (secondary N) is 1. The van der Waals surface area contributed by atoms with Crippen molar-refractivity contribution in [2.24, 2.45) is 0 Å². The Morgan fingerprint density at radius 2 is 1.96 bits per heavy atom. The van der Waals surface area contributed by atoms with Crippen LogP contribution in [-0.4, -0.2) is 24.8 Å². The van der Waals surface area contributed by atoms with Crippen LogP contribution in [0, 0.1) is 0 Å². The lowest BCUT2D eigenvalue weighted by molar-refractivity contribution is -0.122. The Bertz CT molecular complexity index is 649. The molecule has 0 radical (unpaired) electrons. The summed E-state index contributed by atoms with van der Waals surface area (Å²) in [6.07, 6.45) is 0.972. The van der Waals surface area contributed by atoms with Gasteiger partial charge in [-0.15, -0.1) is 0 Å². The van der Waals surface area contributed by atoms with Gasteiger partial charge in [-0.3, -0.25) is 4.79 Å². The van der Waals surface area contributed by atoms with Gasteiger partial charge in [0.1, 0.15) is 5.75 Å². The number of hydrogen-bond acceptors (Lipinski definition) is 3. The highest BCUT2D eigenvalue weighted by atomic mass is 79.9. The van der Waals surface area contributed by atoms with Crippen LogP contribution in [0.2, 0.25) is 0 Å². The van der Waals surface area contributed by atoms with E-state index in [1.54, 1.807) is 11.8 Å². The van der Waals surface area contributed by atoms with Gasteiger partial charge in [0.05, 0.1) is 4.47 Å². The fourth-order valence-electron chi connectivity index (χ4n) is 2.10. The van der Waals surface area contributed by atoms with Crippen LogP contribution >= 0.6 is 27.7 Å². The predicted octanol–water partition coefficient (Wildman–Crippen LogP) is 4.44. The minimum atomic E-state index is -0.0956. The standard InChI is InChI=1S/C19H22BrNO2S/c1-2-15-8-9-18(17(20)12-15)23-13-19(22)21-10-11-24-14-16-6-4-3-5-7-16/h3-9,12H,2,10-11,13-14H2,1H3,(H,21,22). The molecule has 5 heteroatoms. The van der Waals surface area contributed by atoms with E-state index in [4.69, 9.17) is 4.74 Å². The van der Waals surface area contributed by atoms with Crippen molar-refractivity contribution in [3.8, 4) is 5.75 Å². The largest absolute Gasteiger partial charge is 0.483 e. The first-order valence-corrected chi connectivity index (χ1v) is 9.93. The molecular formula is C19H22BrNO2S. The summed E-state index contributed by atoms with van der Waals surface area (Å²) in [5.74, 6) is 2.45. The summed E-state index contributed by atoms with van der Waals surface area (Å²) >= 11 is 5.28. The van der Waals surface area contributed by atoms with Gasteiger partial charge in [0.25, 0.3) is 5.91 Å². The number of halogens is 1. The summed E-state index contributed by atoms with van der Waals surface area (Å²) in [7, 11) is 0. The summed E-state index contributed by atoms with van der Waals surface area (Å²) in [5, 5.41) is 2.88. The molecule has 1 amide bonds. The Kier molecular flexibility index (Phi) is 8.19. The van der Waals surface area contributed by atoms with Crippen molar-refractivity contribution in [2.75, 3.05) is 18.9 Å². The van der Waals surface area contributed by atoms with Crippen LogP contribution in [0.3, 0.4) is 0 Å². The molecule has 0 aliphatic heterocycles. The number of rotatable bonds is 9. The monoisotopic (exact) mass is 407 g/mol. The number of thioether (sulfide) groups is 1. The molecule has 0 aliphatic rings. The lowest BCUT2D eigenvalue weighted by Crippen LogP contribution is -2.30. The predicted molar refractivity (Wildman–Crippen MR) is 105 cm³/mol. The number of hydrogen-bond donors (Lipinski definition) is 1. The number of carbonyl (C=O) groups excluding carboxylic acids is 1. The van der Waals surface area contributed by atoms with E-state index in [0.717, 1.165) is 22.4 Å². The summed E-state index contributed by atoms with van der Waals surface area (Å²) in [6, 6.07) is 16.3. The molecule has 128 valence electrons. The highest BCUT2D eigenvalue weighted by Gasteiger charge is 2.06. The SMILES string of the molecule is CCc1ccc(OCC(=O)NCCSCc2ccccc2)c(Br)c1. The molecule has 2 aromatic carbocycles. The summed E-state index contributed by atoms with van der Waals surface area (Å²) < 4.78 is 6.44. The van der Waals surface area contributed by atoms with E-state index in [1.165, 1.54) is 11.1 Å². The third kappa shape index (κ3) is 6.57. The molecule has 0 atom stereocenters. The average molecular weight is 408 g/mol. The molecule has 0 unspecified atom stereocenters. The van der Waals surface area contributed by atoms with Crippen LogP contribution in [0.5, 0.6) is 5.75 Å².